The highest BCUT2D eigenvalue weighted by Gasteiger charge is 2.27. The summed E-state index contributed by atoms with van der Waals surface area (Å²) in [5.41, 5.74) is 0.146. The number of nitrogens with zero attached hydrogens (tertiary/aromatic N) is 4. The number of rotatable bonds is 6. The zero-order chi connectivity index (χ0) is 20.2. The maximum Gasteiger partial charge on any atom is 0.415 e. The number of halogens is 1. The molecule has 0 aliphatic carbocycles. The number of hydrogen-bond donors (Lipinski definition) is 0. The third-order valence-corrected chi connectivity index (χ3v) is 3.94. The summed E-state index contributed by atoms with van der Waals surface area (Å²) >= 11 is 6.21. The fraction of sp³-hybridized carbons (Fsp3) is 0.438. The Hall–Kier alpha value is -2.17. The summed E-state index contributed by atoms with van der Waals surface area (Å²) in [6.45, 7) is 4.80. The Bertz CT molecular complexity index is 893. The molecule has 0 aliphatic heterocycles. The average molecular weight is 417 g/mol. The molecule has 0 atom stereocenters. The number of carbonyl (C=O) groups excluding carboxylic acids is 1. The van der Waals surface area contributed by atoms with Crippen LogP contribution in [0.1, 0.15) is 20.8 Å². The molecule has 0 aliphatic rings. The standard InChI is InChI=1S/C16H21ClN4O5S/c1-16(2,3)26-15(22)20(8-9-25-27(4,23)24)13-11-21(19-14(13)17)12-6-5-7-18-10-12/h5-7,10-11H,8-9H2,1-4H3. The third-order valence-electron chi connectivity index (χ3n) is 3.08. The maximum atomic E-state index is 12.6. The molecule has 0 bridgehead atoms. The Morgan fingerprint density at radius 2 is 2.07 bits per heavy atom. The van der Waals surface area contributed by atoms with Crippen molar-refractivity contribution in [1.82, 2.24) is 14.8 Å². The van der Waals surface area contributed by atoms with Crippen molar-refractivity contribution in [3.63, 3.8) is 0 Å². The molecule has 0 saturated heterocycles. The van der Waals surface area contributed by atoms with Crippen LogP contribution < -0.4 is 4.90 Å². The molecule has 0 aromatic carbocycles. The fourth-order valence-corrected chi connectivity index (χ4v) is 2.66. The Kier molecular flexibility index (Phi) is 6.45. The molecule has 0 unspecified atom stereocenters. The van der Waals surface area contributed by atoms with E-state index in [0.29, 0.717) is 5.69 Å². The number of carbonyl (C=O) groups is 1. The van der Waals surface area contributed by atoms with Gasteiger partial charge in [0.25, 0.3) is 10.1 Å². The van der Waals surface area contributed by atoms with Gasteiger partial charge in [0.15, 0.2) is 5.15 Å². The monoisotopic (exact) mass is 416 g/mol. The van der Waals surface area contributed by atoms with Gasteiger partial charge < -0.3 is 4.74 Å². The van der Waals surface area contributed by atoms with E-state index in [1.807, 2.05) is 0 Å². The van der Waals surface area contributed by atoms with Crippen LogP contribution in [0.15, 0.2) is 30.7 Å². The van der Waals surface area contributed by atoms with Crippen LogP contribution in [0.3, 0.4) is 0 Å². The van der Waals surface area contributed by atoms with E-state index in [1.54, 1.807) is 45.3 Å². The Morgan fingerprint density at radius 1 is 1.37 bits per heavy atom. The topological polar surface area (TPSA) is 104 Å². The summed E-state index contributed by atoms with van der Waals surface area (Å²) in [6.07, 6.45) is 4.96. The van der Waals surface area contributed by atoms with Crippen LogP contribution in [0.2, 0.25) is 5.15 Å². The first kappa shape index (κ1) is 21.1. The largest absolute Gasteiger partial charge is 0.443 e. The van der Waals surface area contributed by atoms with E-state index in [0.717, 1.165) is 6.26 Å². The van der Waals surface area contributed by atoms with Gasteiger partial charge in [-0.05, 0) is 32.9 Å². The minimum absolute atomic E-state index is 0.0454. The van der Waals surface area contributed by atoms with Crippen LogP contribution in [0.25, 0.3) is 5.69 Å². The van der Waals surface area contributed by atoms with Crippen molar-refractivity contribution in [2.45, 2.75) is 26.4 Å². The van der Waals surface area contributed by atoms with Crippen molar-refractivity contribution in [3.8, 4) is 5.69 Å². The number of hydrogen-bond acceptors (Lipinski definition) is 7. The quantitative estimate of drug-likeness (QED) is 0.666. The van der Waals surface area contributed by atoms with Gasteiger partial charge in [-0.1, -0.05) is 11.6 Å². The van der Waals surface area contributed by atoms with Gasteiger partial charge in [0, 0.05) is 6.20 Å². The van der Waals surface area contributed by atoms with E-state index in [-0.39, 0.29) is 24.0 Å². The van der Waals surface area contributed by atoms with Crippen molar-refractivity contribution in [1.29, 1.82) is 0 Å². The Labute approximate surface area is 163 Å². The molecule has 11 heteroatoms. The number of ether oxygens (including phenoxy) is 1. The minimum atomic E-state index is -3.65. The van der Waals surface area contributed by atoms with Crippen molar-refractivity contribution in [2.24, 2.45) is 0 Å². The van der Waals surface area contributed by atoms with E-state index in [1.165, 1.54) is 15.8 Å². The van der Waals surface area contributed by atoms with E-state index in [4.69, 9.17) is 20.5 Å². The maximum absolute atomic E-state index is 12.6. The summed E-state index contributed by atoms with van der Waals surface area (Å²) in [5, 5.41) is 4.22. The van der Waals surface area contributed by atoms with Crippen LogP contribution in [0.5, 0.6) is 0 Å². The third kappa shape index (κ3) is 6.49. The van der Waals surface area contributed by atoms with E-state index < -0.39 is 21.8 Å². The van der Waals surface area contributed by atoms with Gasteiger partial charge in [-0.3, -0.25) is 14.1 Å². The first-order valence-electron chi connectivity index (χ1n) is 7.97. The predicted molar refractivity (Wildman–Crippen MR) is 101 cm³/mol. The smallest absolute Gasteiger partial charge is 0.415 e. The zero-order valence-electron chi connectivity index (χ0n) is 15.4. The lowest BCUT2D eigenvalue weighted by Gasteiger charge is -2.26. The molecular weight excluding hydrogens is 396 g/mol. The first-order chi connectivity index (χ1) is 12.5. The van der Waals surface area contributed by atoms with Crippen molar-refractivity contribution in [2.75, 3.05) is 24.3 Å². The summed E-state index contributed by atoms with van der Waals surface area (Å²) in [7, 11) is -3.65. The fourth-order valence-electron chi connectivity index (χ4n) is 2.05. The van der Waals surface area contributed by atoms with Gasteiger partial charge in [0.1, 0.15) is 11.3 Å². The number of pyridine rings is 1. The number of aromatic nitrogens is 3. The first-order valence-corrected chi connectivity index (χ1v) is 10.2. The van der Waals surface area contributed by atoms with Crippen LogP contribution in [-0.4, -0.2) is 54.3 Å². The lowest BCUT2D eigenvalue weighted by atomic mass is 10.2. The second-order valence-electron chi connectivity index (χ2n) is 6.62. The molecule has 0 spiro atoms. The van der Waals surface area contributed by atoms with Crippen LogP contribution in [0, 0.1) is 0 Å². The van der Waals surface area contributed by atoms with Gasteiger partial charge in [0.05, 0.1) is 37.5 Å². The average Bonchev–Trinajstić information content (AvgIpc) is 2.91. The molecule has 0 radical (unpaired) electrons. The van der Waals surface area contributed by atoms with Crippen LogP contribution in [-0.2, 0) is 19.0 Å². The SMILES string of the molecule is CC(C)(C)OC(=O)N(CCOS(C)(=O)=O)c1cn(-c2cccnc2)nc1Cl. The minimum Gasteiger partial charge on any atom is -0.443 e. The molecule has 0 saturated carbocycles. The number of anilines is 1. The van der Waals surface area contributed by atoms with E-state index in [2.05, 4.69) is 10.1 Å². The summed E-state index contributed by atoms with van der Waals surface area (Å²) < 4.78 is 34.0. The normalized spacial score (nSPS) is 12.0. The molecular formula is C16H21ClN4O5S. The van der Waals surface area contributed by atoms with Gasteiger partial charge >= 0.3 is 6.09 Å². The highest BCUT2D eigenvalue weighted by atomic mass is 35.5. The summed E-state index contributed by atoms with van der Waals surface area (Å²) in [5.74, 6) is 0. The molecule has 2 heterocycles. The summed E-state index contributed by atoms with van der Waals surface area (Å²) in [4.78, 5) is 17.8. The van der Waals surface area contributed by atoms with Crippen LogP contribution >= 0.6 is 11.6 Å². The van der Waals surface area contributed by atoms with E-state index >= 15 is 0 Å². The second kappa shape index (κ2) is 8.24. The van der Waals surface area contributed by atoms with Crippen molar-refractivity contribution >= 4 is 33.5 Å². The van der Waals surface area contributed by atoms with Gasteiger partial charge in [-0.2, -0.15) is 13.5 Å². The molecule has 0 N–H and O–H groups in total. The molecule has 1 amide bonds. The van der Waals surface area contributed by atoms with Gasteiger partial charge in [0.2, 0.25) is 0 Å². The lowest BCUT2D eigenvalue weighted by molar-refractivity contribution is 0.0575. The molecule has 2 aromatic heterocycles. The van der Waals surface area contributed by atoms with E-state index in [9.17, 15) is 13.2 Å². The van der Waals surface area contributed by atoms with Crippen LogP contribution in [0.4, 0.5) is 10.5 Å². The Morgan fingerprint density at radius 3 is 2.63 bits per heavy atom. The van der Waals surface area contributed by atoms with Crippen molar-refractivity contribution in [3.05, 3.63) is 35.9 Å². The highest BCUT2D eigenvalue weighted by molar-refractivity contribution is 7.85. The molecule has 27 heavy (non-hydrogen) atoms. The second-order valence-corrected chi connectivity index (χ2v) is 8.62. The summed E-state index contributed by atoms with van der Waals surface area (Å²) in [6, 6.07) is 3.50. The van der Waals surface area contributed by atoms with Crippen molar-refractivity contribution < 1.29 is 22.1 Å². The predicted octanol–water partition coefficient (Wildman–Crippen LogP) is 2.64. The molecule has 2 aromatic rings. The van der Waals surface area contributed by atoms with Gasteiger partial charge in [-0.15, -0.1) is 0 Å². The zero-order valence-corrected chi connectivity index (χ0v) is 17.0. The lowest BCUT2D eigenvalue weighted by Crippen LogP contribution is -2.39. The Balaban J connectivity index is 2.32. The number of amides is 1. The molecule has 9 nitrogen and oxygen atoms in total. The highest BCUT2D eigenvalue weighted by Crippen LogP contribution is 2.27. The van der Waals surface area contributed by atoms with Gasteiger partial charge in [-0.25, -0.2) is 9.48 Å². The molecule has 0 fully saturated rings. The molecule has 148 valence electrons. The molecule has 2 rings (SSSR count).